The van der Waals surface area contributed by atoms with Crippen LogP contribution in [0.1, 0.15) is 31.0 Å². The predicted octanol–water partition coefficient (Wildman–Crippen LogP) is 1.90. The van der Waals surface area contributed by atoms with E-state index in [1.807, 2.05) is 0 Å². The molecule has 2 atom stereocenters. The van der Waals surface area contributed by atoms with Crippen molar-refractivity contribution in [3.8, 4) is 0 Å². The quantitative estimate of drug-likeness (QED) is 0.797. The first kappa shape index (κ1) is 13.7. The first-order valence-corrected chi connectivity index (χ1v) is 9.22. The molecular weight excluding hydrogens is 312 g/mol. The Bertz CT molecular complexity index is 717. The number of ether oxygens (including phenoxy) is 1. The van der Waals surface area contributed by atoms with E-state index in [-0.39, 0.29) is 17.1 Å². The van der Waals surface area contributed by atoms with Crippen LogP contribution in [0.15, 0.2) is 0 Å². The number of nitrogens with one attached hydrogen (secondary N) is 1. The molecule has 114 valence electrons. The summed E-state index contributed by atoms with van der Waals surface area (Å²) in [6.45, 7) is 4.08. The van der Waals surface area contributed by atoms with Crippen LogP contribution in [0.4, 0.5) is 5.82 Å². The number of anilines is 1. The highest BCUT2D eigenvalue weighted by Crippen LogP contribution is 2.59. The van der Waals surface area contributed by atoms with Gasteiger partial charge in [-0.15, -0.1) is 0 Å². The summed E-state index contributed by atoms with van der Waals surface area (Å²) in [6.07, 6.45) is 1.54. The molecule has 1 aromatic heterocycles. The van der Waals surface area contributed by atoms with Crippen LogP contribution in [0.3, 0.4) is 0 Å². The molecule has 1 N–H and O–H groups in total. The number of aromatic nitrogens is 2. The van der Waals surface area contributed by atoms with E-state index in [0.717, 1.165) is 36.5 Å². The SMILES string of the molecule is C[C@@H]1COCCN1c1nc(Cl)nc2c1CS(=N)(=O)C21CC1. The maximum Gasteiger partial charge on any atom is 0.224 e. The third-order valence-electron chi connectivity index (χ3n) is 4.71. The lowest BCUT2D eigenvalue weighted by Gasteiger charge is -2.35. The van der Waals surface area contributed by atoms with E-state index >= 15 is 0 Å². The normalized spacial score (nSPS) is 33.2. The average molecular weight is 329 g/mol. The lowest BCUT2D eigenvalue weighted by molar-refractivity contribution is 0.0984. The van der Waals surface area contributed by atoms with Crippen LogP contribution >= 0.6 is 11.6 Å². The number of fused-ring (bicyclic) bond motifs is 2. The second kappa shape index (κ2) is 4.30. The maximum atomic E-state index is 12.7. The van der Waals surface area contributed by atoms with Crippen LogP contribution in [0.5, 0.6) is 0 Å². The number of halogens is 1. The Morgan fingerprint density at radius 1 is 1.48 bits per heavy atom. The maximum absolute atomic E-state index is 12.7. The first-order chi connectivity index (χ1) is 9.95. The molecule has 2 fully saturated rings. The van der Waals surface area contributed by atoms with Crippen molar-refractivity contribution in [2.24, 2.45) is 0 Å². The summed E-state index contributed by atoms with van der Waals surface area (Å²) in [5, 5.41) is 0.186. The lowest BCUT2D eigenvalue weighted by Crippen LogP contribution is -2.44. The van der Waals surface area contributed by atoms with E-state index in [4.69, 9.17) is 21.1 Å². The number of rotatable bonds is 1. The van der Waals surface area contributed by atoms with Crippen LogP contribution in [0, 0.1) is 4.78 Å². The van der Waals surface area contributed by atoms with Crippen LogP contribution in [0.2, 0.25) is 5.28 Å². The van der Waals surface area contributed by atoms with Gasteiger partial charge in [0.25, 0.3) is 0 Å². The Kier molecular flexibility index (Phi) is 2.81. The highest BCUT2D eigenvalue weighted by atomic mass is 35.5. The average Bonchev–Trinajstić information content (AvgIpc) is 3.19. The number of morpholine rings is 1. The van der Waals surface area contributed by atoms with E-state index in [9.17, 15) is 4.21 Å². The van der Waals surface area contributed by atoms with Gasteiger partial charge in [0, 0.05) is 12.1 Å². The van der Waals surface area contributed by atoms with E-state index in [1.165, 1.54) is 0 Å². The fourth-order valence-corrected chi connectivity index (χ4v) is 5.77. The largest absolute Gasteiger partial charge is 0.377 e. The lowest BCUT2D eigenvalue weighted by atomic mass is 10.1. The Morgan fingerprint density at radius 2 is 2.24 bits per heavy atom. The smallest absolute Gasteiger partial charge is 0.224 e. The van der Waals surface area contributed by atoms with Gasteiger partial charge in [0.2, 0.25) is 5.28 Å². The van der Waals surface area contributed by atoms with Crippen LogP contribution < -0.4 is 4.90 Å². The molecule has 0 amide bonds. The zero-order valence-corrected chi connectivity index (χ0v) is 13.3. The molecule has 21 heavy (non-hydrogen) atoms. The van der Waals surface area contributed by atoms with Gasteiger partial charge in [-0.05, 0) is 31.4 Å². The van der Waals surface area contributed by atoms with E-state index in [1.54, 1.807) is 0 Å². The third kappa shape index (κ3) is 1.83. The Labute approximate surface area is 128 Å². The minimum Gasteiger partial charge on any atom is -0.377 e. The van der Waals surface area contributed by atoms with Gasteiger partial charge in [0.1, 0.15) is 5.82 Å². The number of hydrogen-bond acceptors (Lipinski definition) is 6. The van der Waals surface area contributed by atoms with Crippen LogP contribution in [-0.2, 0) is 25.0 Å². The van der Waals surface area contributed by atoms with Crippen molar-refractivity contribution in [1.82, 2.24) is 9.97 Å². The van der Waals surface area contributed by atoms with E-state index in [0.29, 0.717) is 13.2 Å². The summed E-state index contributed by atoms with van der Waals surface area (Å²) in [5.74, 6) is 1.00. The fourth-order valence-electron chi connectivity index (χ4n) is 3.41. The molecule has 1 aliphatic carbocycles. The highest BCUT2D eigenvalue weighted by molar-refractivity contribution is 7.93. The minimum absolute atomic E-state index is 0.186. The number of nitrogens with zero attached hydrogens (tertiary/aromatic N) is 3. The standard InChI is InChI=1S/C13H17ClN4O2S/c1-8-6-20-5-4-18(8)11-9-7-21(15,19)13(2-3-13)10(9)16-12(14)17-11/h8,15H,2-7H2,1H3/t8-,21?/m1/s1. The zero-order valence-electron chi connectivity index (χ0n) is 11.8. The molecule has 0 bridgehead atoms. The van der Waals surface area contributed by atoms with E-state index < -0.39 is 14.5 Å². The Balaban J connectivity index is 1.88. The molecule has 3 aliphatic rings. The molecule has 1 unspecified atom stereocenters. The van der Waals surface area contributed by atoms with Gasteiger partial charge < -0.3 is 9.64 Å². The monoisotopic (exact) mass is 328 g/mol. The third-order valence-corrected chi connectivity index (χ3v) is 7.44. The van der Waals surface area contributed by atoms with E-state index in [2.05, 4.69) is 21.8 Å². The van der Waals surface area contributed by atoms with Gasteiger partial charge in [-0.1, -0.05) is 0 Å². The second-order valence-corrected chi connectivity index (χ2v) is 8.83. The van der Waals surface area contributed by atoms with Crippen molar-refractivity contribution < 1.29 is 8.95 Å². The molecule has 1 saturated carbocycles. The summed E-state index contributed by atoms with van der Waals surface area (Å²) >= 11 is 6.11. The minimum atomic E-state index is -2.69. The van der Waals surface area contributed by atoms with Crippen LogP contribution in [-0.4, -0.2) is 40.0 Å². The summed E-state index contributed by atoms with van der Waals surface area (Å²) < 4.78 is 25.9. The highest BCUT2D eigenvalue weighted by Gasteiger charge is 2.60. The molecule has 0 radical (unpaired) electrons. The van der Waals surface area contributed by atoms with Gasteiger partial charge in [0.15, 0.2) is 0 Å². The molecule has 1 saturated heterocycles. The summed E-state index contributed by atoms with van der Waals surface area (Å²) in [5.41, 5.74) is 1.63. The molecule has 2 aliphatic heterocycles. The van der Waals surface area contributed by atoms with Crippen molar-refractivity contribution in [2.45, 2.75) is 36.3 Å². The van der Waals surface area contributed by atoms with Crippen LogP contribution in [0.25, 0.3) is 0 Å². The van der Waals surface area contributed by atoms with Crippen molar-refractivity contribution in [3.63, 3.8) is 0 Å². The molecule has 3 heterocycles. The Hall–Kier alpha value is -0.920. The predicted molar refractivity (Wildman–Crippen MR) is 80.1 cm³/mol. The molecule has 6 nitrogen and oxygen atoms in total. The van der Waals surface area contributed by atoms with Gasteiger partial charge in [-0.25, -0.2) is 14.2 Å². The molecule has 1 spiro atoms. The van der Waals surface area contributed by atoms with Gasteiger partial charge in [-0.2, -0.15) is 0 Å². The zero-order chi connectivity index (χ0) is 14.8. The summed E-state index contributed by atoms with van der Waals surface area (Å²) in [7, 11) is -2.69. The van der Waals surface area contributed by atoms with Crippen molar-refractivity contribution in [3.05, 3.63) is 16.5 Å². The van der Waals surface area contributed by atoms with Crippen molar-refractivity contribution in [2.75, 3.05) is 24.7 Å². The van der Waals surface area contributed by atoms with Gasteiger partial charge in [-0.3, -0.25) is 4.78 Å². The summed E-state index contributed by atoms with van der Waals surface area (Å²) in [4.78, 5) is 10.9. The van der Waals surface area contributed by atoms with Crippen molar-refractivity contribution >= 4 is 27.1 Å². The van der Waals surface area contributed by atoms with Crippen molar-refractivity contribution in [1.29, 1.82) is 4.78 Å². The second-order valence-electron chi connectivity index (χ2n) is 6.07. The first-order valence-electron chi connectivity index (χ1n) is 7.12. The molecule has 8 heteroatoms. The molecular formula is C13H17ClN4O2S. The van der Waals surface area contributed by atoms with Gasteiger partial charge >= 0.3 is 0 Å². The molecule has 4 rings (SSSR count). The number of hydrogen-bond donors (Lipinski definition) is 1. The molecule has 1 aromatic rings. The topological polar surface area (TPSA) is 79.2 Å². The fraction of sp³-hybridized carbons (Fsp3) is 0.692. The van der Waals surface area contributed by atoms with Gasteiger partial charge in [0.05, 0.1) is 45.2 Å². The molecule has 0 aromatic carbocycles. The Morgan fingerprint density at radius 3 is 2.90 bits per heavy atom. The summed E-state index contributed by atoms with van der Waals surface area (Å²) in [6, 6.07) is 0.186.